The highest BCUT2D eigenvalue weighted by molar-refractivity contribution is 9.10. The molecule has 1 aliphatic rings. The normalized spacial score (nSPS) is 21.4. The predicted molar refractivity (Wildman–Crippen MR) is 82.6 cm³/mol. The van der Waals surface area contributed by atoms with Crippen LogP contribution in [-0.2, 0) is 11.2 Å². The number of pyridine rings is 1. The van der Waals surface area contributed by atoms with Crippen LogP contribution in [0.3, 0.4) is 0 Å². The summed E-state index contributed by atoms with van der Waals surface area (Å²) in [4.78, 5) is 26.2. The summed E-state index contributed by atoms with van der Waals surface area (Å²) in [7, 11) is 0. The molecule has 2 N–H and O–H groups in total. The van der Waals surface area contributed by atoms with E-state index in [0.717, 1.165) is 18.4 Å². The molecule has 0 spiro atoms. The molecule has 1 aromatic rings. The van der Waals surface area contributed by atoms with Gasteiger partial charge in [-0.05, 0) is 45.8 Å². The Balaban J connectivity index is 2.02. The minimum Gasteiger partial charge on any atom is -0.353 e. The summed E-state index contributed by atoms with van der Waals surface area (Å²) in [5.41, 5.74) is 0.674. The summed E-state index contributed by atoms with van der Waals surface area (Å²) in [5, 5.41) is 3.13. The van der Waals surface area contributed by atoms with E-state index in [9.17, 15) is 9.59 Å². The van der Waals surface area contributed by atoms with Gasteiger partial charge in [0, 0.05) is 12.2 Å². The zero-order valence-electron chi connectivity index (χ0n) is 12.0. The van der Waals surface area contributed by atoms with E-state index in [1.54, 1.807) is 12.3 Å². The summed E-state index contributed by atoms with van der Waals surface area (Å²) in [6.07, 6.45) is 6.39. The Labute approximate surface area is 127 Å². The average Bonchev–Trinajstić information content (AvgIpc) is 2.37. The fourth-order valence-corrected chi connectivity index (χ4v) is 3.20. The van der Waals surface area contributed by atoms with Crippen molar-refractivity contribution in [3.63, 3.8) is 0 Å². The maximum Gasteiger partial charge on any atom is 0.262 e. The lowest BCUT2D eigenvalue weighted by atomic mass is 9.73. The van der Waals surface area contributed by atoms with Crippen LogP contribution in [0.25, 0.3) is 0 Å². The summed E-state index contributed by atoms with van der Waals surface area (Å²) < 4.78 is 0.443. The predicted octanol–water partition coefficient (Wildman–Crippen LogP) is 2.76. The van der Waals surface area contributed by atoms with Gasteiger partial charge in [0.15, 0.2) is 0 Å². The van der Waals surface area contributed by atoms with Crippen molar-refractivity contribution in [2.75, 3.05) is 0 Å². The third-order valence-corrected chi connectivity index (χ3v) is 5.04. The van der Waals surface area contributed by atoms with Crippen LogP contribution >= 0.6 is 15.9 Å². The Morgan fingerprint density at radius 2 is 2.25 bits per heavy atom. The number of hydrogen-bond donors (Lipinski definition) is 2. The van der Waals surface area contributed by atoms with Gasteiger partial charge in [-0.15, -0.1) is 0 Å². The van der Waals surface area contributed by atoms with Crippen molar-refractivity contribution in [1.82, 2.24) is 10.3 Å². The summed E-state index contributed by atoms with van der Waals surface area (Å²) in [6.45, 7) is 4.42. The molecule has 1 heterocycles. The molecule has 1 unspecified atom stereocenters. The molecule has 1 aromatic heterocycles. The van der Waals surface area contributed by atoms with Crippen molar-refractivity contribution in [2.24, 2.45) is 5.41 Å². The first kappa shape index (κ1) is 15.3. The minimum absolute atomic E-state index is 0.0173. The second-order valence-corrected chi connectivity index (χ2v) is 6.97. The van der Waals surface area contributed by atoms with Gasteiger partial charge in [0.25, 0.3) is 5.56 Å². The topological polar surface area (TPSA) is 62.0 Å². The molecule has 5 heteroatoms. The molecule has 1 amide bonds. The molecule has 0 saturated heterocycles. The average molecular weight is 341 g/mol. The van der Waals surface area contributed by atoms with Gasteiger partial charge in [-0.2, -0.15) is 0 Å². The van der Waals surface area contributed by atoms with E-state index in [4.69, 9.17) is 0 Å². The van der Waals surface area contributed by atoms with Crippen LogP contribution in [0.5, 0.6) is 0 Å². The van der Waals surface area contributed by atoms with Gasteiger partial charge in [-0.1, -0.05) is 26.7 Å². The van der Waals surface area contributed by atoms with Crippen LogP contribution in [0, 0.1) is 5.41 Å². The molecule has 0 aromatic carbocycles. The van der Waals surface area contributed by atoms with E-state index in [2.05, 4.69) is 40.1 Å². The highest BCUT2D eigenvalue weighted by Gasteiger charge is 2.33. The second kappa shape index (κ2) is 6.12. The van der Waals surface area contributed by atoms with Crippen molar-refractivity contribution < 1.29 is 4.79 Å². The summed E-state index contributed by atoms with van der Waals surface area (Å²) in [5.74, 6) is -0.0173. The number of H-pyrrole nitrogens is 1. The van der Waals surface area contributed by atoms with Crippen LogP contribution in [0.15, 0.2) is 21.5 Å². The fraction of sp³-hybridized carbons (Fsp3) is 0.600. The zero-order chi connectivity index (χ0) is 14.8. The van der Waals surface area contributed by atoms with Crippen molar-refractivity contribution in [2.45, 2.75) is 52.0 Å². The summed E-state index contributed by atoms with van der Waals surface area (Å²) >= 11 is 3.23. The van der Waals surface area contributed by atoms with Crippen LogP contribution < -0.4 is 10.9 Å². The molecule has 0 radical (unpaired) electrons. The quantitative estimate of drug-likeness (QED) is 0.888. The van der Waals surface area contributed by atoms with E-state index >= 15 is 0 Å². The number of amides is 1. The Hall–Kier alpha value is -1.10. The first-order chi connectivity index (χ1) is 9.40. The molecule has 0 bridgehead atoms. The minimum atomic E-state index is -0.201. The van der Waals surface area contributed by atoms with Crippen molar-refractivity contribution in [3.8, 4) is 0 Å². The Kier molecular flexibility index (Phi) is 4.68. The van der Waals surface area contributed by atoms with Crippen LogP contribution in [0.1, 0.15) is 45.1 Å². The van der Waals surface area contributed by atoms with Gasteiger partial charge in [-0.25, -0.2) is 0 Å². The number of carbonyl (C=O) groups is 1. The monoisotopic (exact) mass is 340 g/mol. The number of rotatable bonds is 3. The molecule has 0 aliphatic heterocycles. The lowest BCUT2D eigenvalue weighted by Gasteiger charge is -2.39. The first-order valence-electron chi connectivity index (χ1n) is 7.05. The van der Waals surface area contributed by atoms with Crippen LogP contribution in [-0.4, -0.2) is 16.9 Å². The molecule has 1 atom stereocenters. The Bertz CT molecular complexity index is 551. The molecule has 110 valence electrons. The van der Waals surface area contributed by atoms with Gasteiger partial charge in [0.1, 0.15) is 0 Å². The van der Waals surface area contributed by atoms with E-state index in [1.165, 1.54) is 12.8 Å². The first-order valence-corrected chi connectivity index (χ1v) is 7.85. The smallest absolute Gasteiger partial charge is 0.262 e. The highest BCUT2D eigenvalue weighted by atomic mass is 79.9. The molecule has 1 aliphatic carbocycles. The number of nitrogens with one attached hydrogen (secondary N) is 2. The molecule has 4 nitrogen and oxygen atoms in total. The van der Waals surface area contributed by atoms with Crippen molar-refractivity contribution >= 4 is 21.8 Å². The lowest BCUT2D eigenvalue weighted by molar-refractivity contribution is -0.122. The molecule has 2 rings (SSSR count). The van der Waals surface area contributed by atoms with Gasteiger partial charge in [0.05, 0.1) is 10.9 Å². The Morgan fingerprint density at radius 3 is 2.95 bits per heavy atom. The zero-order valence-corrected chi connectivity index (χ0v) is 13.5. The number of aromatic nitrogens is 1. The van der Waals surface area contributed by atoms with E-state index in [1.807, 2.05) is 0 Å². The van der Waals surface area contributed by atoms with Gasteiger partial charge in [0.2, 0.25) is 5.91 Å². The van der Waals surface area contributed by atoms with Gasteiger partial charge in [-0.3, -0.25) is 9.59 Å². The number of halogens is 1. The standard InChI is InChI=1S/C15H21BrN2O2/c1-15(2)7-4-3-5-11(15)18-12(19)9-10-6-8-17-14(20)13(10)16/h6,8,11H,3-5,7,9H2,1-2H3,(H,17,20)(H,18,19). The van der Waals surface area contributed by atoms with Crippen LogP contribution in [0.2, 0.25) is 0 Å². The SMILES string of the molecule is CC1(C)CCCCC1NC(=O)Cc1cc[nH]c(=O)c1Br. The number of aromatic amines is 1. The van der Waals surface area contributed by atoms with E-state index < -0.39 is 0 Å². The largest absolute Gasteiger partial charge is 0.353 e. The number of hydrogen-bond acceptors (Lipinski definition) is 2. The number of carbonyl (C=O) groups excluding carboxylic acids is 1. The van der Waals surface area contributed by atoms with Crippen molar-refractivity contribution in [3.05, 3.63) is 32.7 Å². The maximum atomic E-state index is 12.2. The Morgan fingerprint density at radius 1 is 1.50 bits per heavy atom. The van der Waals surface area contributed by atoms with E-state index in [0.29, 0.717) is 4.47 Å². The third-order valence-electron chi connectivity index (χ3n) is 4.17. The molecular weight excluding hydrogens is 320 g/mol. The molecular formula is C15H21BrN2O2. The fourth-order valence-electron chi connectivity index (χ4n) is 2.82. The van der Waals surface area contributed by atoms with Gasteiger partial charge < -0.3 is 10.3 Å². The molecule has 20 heavy (non-hydrogen) atoms. The highest BCUT2D eigenvalue weighted by Crippen LogP contribution is 2.35. The second-order valence-electron chi connectivity index (χ2n) is 6.18. The summed E-state index contributed by atoms with van der Waals surface area (Å²) in [6, 6.07) is 1.99. The van der Waals surface area contributed by atoms with Crippen LogP contribution in [0.4, 0.5) is 0 Å². The van der Waals surface area contributed by atoms with E-state index in [-0.39, 0.29) is 29.3 Å². The molecule has 1 saturated carbocycles. The molecule has 1 fully saturated rings. The van der Waals surface area contributed by atoms with Crippen molar-refractivity contribution in [1.29, 1.82) is 0 Å². The van der Waals surface area contributed by atoms with Gasteiger partial charge >= 0.3 is 0 Å². The third kappa shape index (κ3) is 3.51. The maximum absolute atomic E-state index is 12.2. The lowest BCUT2D eigenvalue weighted by Crippen LogP contribution is -2.47.